The Morgan fingerprint density at radius 1 is 1.07 bits per heavy atom. The monoisotopic (exact) mass is 603 g/mol. The zero-order valence-electron chi connectivity index (χ0n) is 23.4. The average Bonchev–Trinajstić information content (AvgIpc) is 3.26. The van der Waals surface area contributed by atoms with Crippen LogP contribution in [0.2, 0.25) is 0 Å². The highest BCUT2D eigenvalue weighted by molar-refractivity contribution is 7.17. The normalized spacial score (nSPS) is 13.5. The molecule has 1 aromatic carbocycles. The first-order chi connectivity index (χ1) is 19.8. The molecule has 4 aromatic rings. The number of nitrogens with zero attached hydrogens (tertiary/aromatic N) is 3. The topological polar surface area (TPSA) is 124 Å². The van der Waals surface area contributed by atoms with E-state index in [1.165, 1.54) is 6.07 Å². The molecular formula is C29H29F4N5O3S. The summed E-state index contributed by atoms with van der Waals surface area (Å²) in [6, 6.07) is 6.76. The molecule has 222 valence electrons. The Labute approximate surface area is 243 Å². The van der Waals surface area contributed by atoms with E-state index in [-0.39, 0.29) is 36.8 Å². The predicted octanol–water partition coefficient (Wildman–Crippen LogP) is 6.40. The van der Waals surface area contributed by atoms with Crippen molar-refractivity contribution in [2.45, 2.75) is 59.4 Å². The molecule has 0 aliphatic heterocycles. The van der Waals surface area contributed by atoms with E-state index in [4.69, 9.17) is 10.2 Å². The second kappa shape index (κ2) is 12.4. The summed E-state index contributed by atoms with van der Waals surface area (Å²) >= 11 is 1.15. The molecule has 1 fully saturated rings. The first-order valence-electron chi connectivity index (χ1n) is 13.1. The molecule has 3 N–H and O–H groups in total. The van der Waals surface area contributed by atoms with Crippen LogP contribution in [0, 0.1) is 31.4 Å². The Morgan fingerprint density at radius 2 is 1.76 bits per heavy atom. The number of primary amides is 1. The summed E-state index contributed by atoms with van der Waals surface area (Å²) in [5.74, 6) is -4.53. The maximum atomic E-state index is 13.5. The number of hydrogen-bond donors (Lipinski definition) is 2. The van der Waals surface area contributed by atoms with Crippen LogP contribution in [0.15, 0.2) is 34.7 Å². The van der Waals surface area contributed by atoms with Gasteiger partial charge in [-0.25, -0.2) is 17.6 Å². The van der Waals surface area contributed by atoms with Crippen molar-refractivity contribution in [3.63, 3.8) is 0 Å². The number of aromatic nitrogens is 3. The largest absolute Gasteiger partial charge is 0.421 e. The van der Waals surface area contributed by atoms with Crippen LogP contribution in [0.4, 0.5) is 17.6 Å². The number of nitrogens with one attached hydrogen (secondary N) is 1. The van der Waals surface area contributed by atoms with Crippen molar-refractivity contribution in [2.75, 3.05) is 0 Å². The number of carbonyl (C=O) groups is 2. The molecule has 3 heterocycles. The van der Waals surface area contributed by atoms with Gasteiger partial charge in [-0.1, -0.05) is 19.9 Å². The van der Waals surface area contributed by atoms with Crippen molar-refractivity contribution in [1.29, 1.82) is 0 Å². The van der Waals surface area contributed by atoms with Gasteiger partial charge in [0.2, 0.25) is 17.7 Å². The van der Waals surface area contributed by atoms with Crippen molar-refractivity contribution in [2.24, 2.45) is 11.7 Å². The van der Waals surface area contributed by atoms with Crippen molar-refractivity contribution in [1.82, 2.24) is 20.5 Å². The van der Waals surface area contributed by atoms with E-state index >= 15 is 0 Å². The maximum Gasteiger partial charge on any atom is 0.261 e. The molecule has 0 atom stereocenters. The fraction of sp³-hybridized carbons (Fsp3) is 0.345. The van der Waals surface area contributed by atoms with E-state index in [2.05, 4.69) is 20.5 Å². The van der Waals surface area contributed by atoms with Gasteiger partial charge in [-0.2, -0.15) is 0 Å². The zero-order valence-corrected chi connectivity index (χ0v) is 24.2. The van der Waals surface area contributed by atoms with Gasteiger partial charge in [-0.3, -0.25) is 14.6 Å². The van der Waals surface area contributed by atoms with Crippen LogP contribution >= 0.6 is 11.3 Å². The first-order valence-corrected chi connectivity index (χ1v) is 13.9. The molecule has 1 aliphatic carbocycles. The van der Waals surface area contributed by atoms with E-state index in [1.807, 2.05) is 13.8 Å². The van der Waals surface area contributed by atoms with Crippen LogP contribution < -0.4 is 11.1 Å². The lowest BCUT2D eigenvalue weighted by molar-refractivity contribution is 0.0953. The lowest BCUT2D eigenvalue weighted by Gasteiger charge is -2.17. The number of halogens is 4. The van der Waals surface area contributed by atoms with Gasteiger partial charge in [0.15, 0.2) is 11.6 Å². The third-order valence-corrected chi connectivity index (χ3v) is 7.28. The second-order valence-corrected chi connectivity index (χ2v) is 11.4. The Hall–Kier alpha value is -4.13. The molecule has 3 aromatic heterocycles. The minimum Gasteiger partial charge on any atom is -0.421 e. The van der Waals surface area contributed by atoms with E-state index in [0.29, 0.717) is 50.1 Å². The van der Waals surface area contributed by atoms with Crippen LogP contribution in [0.3, 0.4) is 0 Å². The van der Waals surface area contributed by atoms with Crippen LogP contribution in [-0.2, 0) is 13.0 Å². The van der Waals surface area contributed by atoms with E-state index in [9.17, 15) is 27.2 Å². The number of amides is 2. The number of aryl methyl sites for hydroxylation is 2. The third-order valence-electron chi connectivity index (χ3n) is 6.18. The molecule has 0 unspecified atom stereocenters. The predicted molar refractivity (Wildman–Crippen MR) is 149 cm³/mol. The molecule has 5 rings (SSSR count). The smallest absolute Gasteiger partial charge is 0.261 e. The summed E-state index contributed by atoms with van der Waals surface area (Å²) in [6.07, 6.45) is 0.752. The minimum atomic E-state index is -2.25. The van der Waals surface area contributed by atoms with Gasteiger partial charge < -0.3 is 15.5 Å². The van der Waals surface area contributed by atoms with E-state index < -0.39 is 29.4 Å². The van der Waals surface area contributed by atoms with Gasteiger partial charge in [0, 0.05) is 36.8 Å². The molecule has 0 radical (unpaired) electrons. The molecule has 0 spiro atoms. The molecular weight excluding hydrogens is 574 g/mol. The van der Waals surface area contributed by atoms with Crippen LogP contribution in [0.25, 0.3) is 21.9 Å². The summed E-state index contributed by atoms with van der Waals surface area (Å²) in [5.41, 5.74) is 8.58. The molecule has 8 nitrogen and oxygen atoms in total. The number of pyridine rings is 1. The van der Waals surface area contributed by atoms with Crippen molar-refractivity contribution in [3.8, 4) is 21.9 Å². The Morgan fingerprint density at radius 3 is 2.31 bits per heavy atom. The summed E-state index contributed by atoms with van der Waals surface area (Å²) in [5, 5.41) is 10.7. The maximum absolute atomic E-state index is 13.5. The molecule has 42 heavy (non-hydrogen) atoms. The Balaban J connectivity index is 0.000000732. The van der Waals surface area contributed by atoms with Crippen LogP contribution in [-0.4, -0.2) is 32.9 Å². The summed E-state index contributed by atoms with van der Waals surface area (Å²) in [4.78, 5) is 31.2. The number of rotatable bonds is 8. The molecule has 2 amide bonds. The lowest BCUT2D eigenvalue weighted by atomic mass is 9.93. The second-order valence-electron chi connectivity index (χ2n) is 10.3. The first kappa shape index (κ1) is 30.8. The van der Waals surface area contributed by atoms with Crippen molar-refractivity contribution >= 4 is 23.2 Å². The highest BCUT2D eigenvalue weighted by atomic mass is 32.1. The minimum absolute atomic E-state index is 0.00914. The van der Waals surface area contributed by atoms with Gasteiger partial charge >= 0.3 is 0 Å². The SMILES string of the molecule is Cc1nnc(-c2c(C)nc(CC(C)C)c(C(N)=O)c2-c2ccc(C(=O)NCc3ccc(F)c(F)c3)s2)o1.FC1(F)CC1. The molecule has 1 aliphatic rings. The number of benzene rings is 1. The van der Waals surface area contributed by atoms with Crippen LogP contribution in [0.5, 0.6) is 0 Å². The number of carbonyl (C=O) groups excluding carboxylic acids is 2. The Kier molecular flexibility index (Phi) is 9.09. The van der Waals surface area contributed by atoms with Crippen LogP contribution in [0.1, 0.15) is 69.6 Å². The molecule has 0 saturated heterocycles. The zero-order chi connectivity index (χ0) is 30.8. The Bertz CT molecular complexity index is 1630. The van der Waals surface area contributed by atoms with Crippen molar-refractivity contribution < 1.29 is 31.6 Å². The average molecular weight is 604 g/mol. The molecule has 1 saturated carbocycles. The molecule has 13 heteroatoms. The van der Waals surface area contributed by atoms with E-state index in [0.717, 1.165) is 23.5 Å². The van der Waals surface area contributed by atoms with E-state index in [1.54, 1.807) is 26.0 Å². The van der Waals surface area contributed by atoms with Gasteiger partial charge in [0.25, 0.3) is 11.8 Å². The highest BCUT2D eigenvalue weighted by Crippen LogP contribution is 2.41. The fourth-order valence-corrected chi connectivity index (χ4v) is 5.06. The number of hydrogen-bond acceptors (Lipinski definition) is 7. The quantitative estimate of drug-likeness (QED) is 0.225. The highest BCUT2D eigenvalue weighted by Gasteiger charge is 2.43. The standard InChI is InChI=1S/C26H25F2N5O3S.C3H4F2/c1-12(2)9-18-22(24(29)34)23(21(13(3)31-18)26-33-32-14(4)36-26)19-7-8-20(37-19)25(35)30-11-15-5-6-16(27)17(28)10-15;4-3(5)1-2-3/h5-8,10,12H,9,11H2,1-4H3,(H2,29,34)(H,30,35);1-2H2. The third kappa shape index (κ3) is 7.38. The molecule has 0 bridgehead atoms. The summed E-state index contributed by atoms with van der Waals surface area (Å²) in [7, 11) is 0. The lowest BCUT2D eigenvalue weighted by Crippen LogP contribution is -2.21. The van der Waals surface area contributed by atoms with Gasteiger partial charge in [0.1, 0.15) is 0 Å². The van der Waals surface area contributed by atoms with Gasteiger partial charge in [-0.05, 0) is 49.1 Å². The van der Waals surface area contributed by atoms with Crippen molar-refractivity contribution in [3.05, 3.63) is 75.2 Å². The number of alkyl halides is 2. The number of nitrogens with two attached hydrogens (primary N) is 1. The fourth-order valence-electron chi connectivity index (χ4n) is 4.08. The number of thiophene rings is 1. The van der Waals surface area contributed by atoms with Gasteiger partial charge in [0.05, 0.1) is 27.4 Å². The summed E-state index contributed by atoms with van der Waals surface area (Å²) in [6.45, 7) is 7.47. The van der Waals surface area contributed by atoms with Gasteiger partial charge in [-0.15, -0.1) is 21.5 Å². The summed E-state index contributed by atoms with van der Waals surface area (Å²) < 4.78 is 54.6.